The quantitative estimate of drug-likeness (QED) is 0.642. The summed E-state index contributed by atoms with van der Waals surface area (Å²) >= 11 is 1.76. The summed E-state index contributed by atoms with van der Waals surface area (Å²) in [6.07, 6.45) is 8.30. The molecule has 1 aliphatic heterocycles. The van der Waals surface area contributed by atoms with Crippen molar-refractivity contribution in [3.8, 4) is 0 Å². The molecule has 1 aromatic carbocycles. The fourth-order valence-electron chi connectivity index (χ4n) is 1.17. The molecule has 0 saturated heterocycles. The highest BCUT2D eigenvalue weighted by atomic mass is 32.2. The van der Waals surface area contributed by atoms with Gasteiger partial charge in [0.05, 0.1) is 0 Å². The maximum absolute atomic E-state index is 2.14. The molecule has 0 nitrogen and oxygen atoms in total. The smallest absolute Gasteiger partial charge is 0.0188 e. The van der Waals surface area contributed by atoms with Gasteiger partial charge in [0.1, 0.15) is 0 Å². The Hall–Kier alpha value is -1.21. The van der Waals surface area contributed by atoms with E-state index in [-0.39, 0.29) is 0 Å². The Bertz CT molecular complexity index is 358. The topological polar surface area (TPSA) is 0 Å². The van der Waals surface area contributed by atoms with Gasteiger partial charge in [-0.3, -0.25) is 0 Å². The fraction of sp³-hybridized carbons (Fsp3) is 0. The lowest BCUT2D eigenvalue weighted by molar-refractivity contribution is 1.65. The summed E-state index contributed by atoms with van der Waals surface area (Å²) in [6, 6.07) is 10.4. The van der Waals surface area contributed by atoms with Gasteiger partial charge >= 0.3 is 0 Å². The summed E-state index contributed by atoms with van der Waals surface area (Å²) in [5.74, 6) is 0. The molecule has 2 rings (SSSR count). The van der Waals surface area contributed by atoms with Crippen molar-refractivity contribution in [2.24, 2.45) is 0 Å². The summed E-state index contributed by atoms with van der Waals surface area (Å²) in [7, 11) is 0. The first-order chi connectivity index (χ1) is 6.47. The van der Waals surface area contributed by atoms with Crippen LogP contribution in [-0.4, -0.2) is 0 Å². The first kappa shape index (κ1) is 8.39. The Morgan fingerprint density at radius 1 is 0.846 bits per heavy atom. The summed E-state index contributed by atoms with van der Waals surface area (Å²) in [4.78, 5) is 1.30. The van der Waals surface area contributed by atoms with Gasteiger partial charge in [-0.05, 0) is 17.0 Å². The minimum absolute atomic E-state index is 1.28. The van der Waals surface area contributed by atoms with E-state index in [0.717, 1.165) is 0 Å². The lowest BCUT2D eigenvalue weighted by Gasteiger charge is -2.01. The third-order valence-corrected chi connectivity index (χ3v) is 2.72. The SMILES string of the molecule is C1=CC=C(c2ccccc2)SC=C1. The van der Waals surface area contributed by atoms with E-state index < -0.39 is 0 Å². The van der Waals surface area contributed by atoms with Crippen LogP contribution in [0.25, 0.3) is 4.91 Å². The van der Waals surface area contributed by atoms with E-state index in [9.17, 15) is 0 Å². The summed E-state index contributed by atoms with van der Waals surface area (Å²) in [6.45, 7) is 0. The predicted octanol–water partition coefficient (Wildman–Crippen LogP) is 3.84. The first-order valence-corrected chi connectivity index (χ1v) is 5.10. The first-order valence-electron chi connectivity index (χ1n) is 4.22. The van der Waals surface area contributed by atoms with Crippen LogP contribution in [-0.2, 0) is 0 Å². The van der Waals surface area contributed by atoms with Crippen molar-refractivity contribution >= 4 is 16.7 Å². The van der Waals surface area contributed by atoms with Crippen LogP contribution >= 0.6 is 11.8 Å². The average molecular weight is 186 g/mol. The van der Waals surface area contributed by atoms with Gasteiger partial charge in [0.15, 0.2) is 0 Å². The molecular weight excluding hydrogens is 176 g/mol. The molecule has 13 heavy (non-hydrogen) atoms. The van der Waals surface area contributed by atoms with Gasteiger partial charge in [-0.25, -0.2) is 0 Å². The van der Waals surface area contributed by atoms with E-state index in [1.807, 2.05) is 12.1 Å². The van der Waals surface area contributed by atoms with Gasteiger partial charge in [0, 0.05) is 4.91 Å². The predicted molar refractivity (Wildman–Crippen MR) is 60.3 cm³/mol. The van der Waals surface area contributed by atoms with Gasteiger partial charge in [0.25, 0.3) is 0 Å². The van der Waals surface area contributed by atoms with E-state index in [4.69, 9.17) is 0 Å². The molecule has 1 aliphatic rings. The molecule has 0 saturated carbocycles. The van der Waals surface area contributed by atoms with Crippen LogP contribution in [0.1, 0.15) is 5.56 Å². The third kappa shape index (κ3) is 2.13. The van der Waals surface area contributed by atoms with Crippen molar-refractivity contribution in [1.82, 2.24) is 0 Å². The Morgan fingerprint density at radius 3 is 2.54 bits per heavy atom. The zero-order valence-corrected chi connectivity index (χ0v) is 8.00. The van der Waals surface area contributed by atoms with Crippen molar-refractivity contribution in [2.45, 2.75) is 0 Å². The third-order valence-electron chi connectivity index (χ3n) is 1.80. The second-order valence-electron chi connectivity index (χ2n) is 2.73. The summed E-state index contributed by atoms with van der Waals surface area (Å²) < 4.78 is 0. The maximum Gasteiger partial charge on any atom is 0.0188 e. The zero-order chi connectivity index (χ0) is 8.93. The number of thioether (sulfide) groups is 1. The van der Waals surface area contributed by atoms with Crippen LogP contribution in [0.3, 0.4) is 0 Å². The van der Waals surface area contributed by atoms with Gasteiger partial charge < -0.3 is 0 Å². The fourth-order valence-corrected chi connectivity index (χ4v) is 1.92. The maximum atomic E-state index is 2.14. The molecule has 1 heterocycles. The van der Waals surface area contributed by atoms with Gasteiger partial charge in [-0.2, -0.15) is 0 Å². The Morgan fingerprint density at radius 2 is 1.69 bits per heavy atom. The number of benzene rings is 1. The van der Waals surface area contributed by atoms with Crippen molar-refractivity contribution in [2.75, 3.05) is 0 Å². The molecule has 64 valence electrons. The minimum atomic E-state index is 1.28. The number of hydrogen-bond donors (Lipinski definition) is 0. The average Bonchev–Trinajstić information content (AvgIpc) is 2.47. The molecule has 0 amide bonds. The van der Waals surface area contributed by atoms with Crippen LogP contribution in [0, 0.1) is 0 Å². The molecule has 1 aromatic rings. The highest BCUT2D eigenvalue weighted by molar-refractivity contribution is 8.10. The van der Waals surface area contributed by atoms with Crippen molar-refractivity contribution < 1.29 is 0 Å². The second-order valence-corrected chi connectivity index (χ2v) is 3.68. The normalized spacial score (nSPS) is 15.2. The molecule has 0 spiro atoms. The van der Waals surface area contributed by atoms with Crippen molar-refractivity contribution in [1.29, 1.82) is 0 Å². The van der Waals surface area contributed by atoms with Crippen LogP contribution in [0.15, 0.2) is 60.0 Å². The number of rotatable bonds is 1. The van der Waals surface area contributed by atoms with Crippen LogP contribution < -0.4 is 0 Å². The monoisotopic (exact) mass is 186 g/mol. The lowest BCUT2D eigenvalue weighted by atomic mass is 10.2. The largest absolute Gasteiger partial charge is 0.0975 e. The van der Waals surface area contributed by atoms with Crippen LogP contribution in [0.4, 0.5) is 0 Å². The highest BCUT2D eigenvalue weighted by Gasteiger charge is 1.98. The van der Waals surface area contributed by atoms with Crippen molar-refractivity contribution in [3.05, 3.63) is 65.6 Å². The highest BCUT2D eigenvalue weighted by Crippen LogP contribution is 2.29. The Kier molecular flexibility index (Phi) is 2.68. The number of allylic oxidation sites excluding steroid dienone is 4. The van der Waals surface area contributed by atoms with Gasteiger partial charge in [0.2, 0.25) is 0 Å². The zero-order valence-electron chi connectivity index (χ0n) is 7.18. The standard InChI is InChI=1S/C12H10S/c1-3-7-11(8-4-1)12-9-5-2-6-10-13-12/h1-10H. The minimum Gasteiger partial charge on any atom is -0.0975 e. The van der Waals surface area contributed by atoms with Crippen LogP contribution in [0.5, 0.6) is 0 Å². The molecule has 0 aromatic heterocycles. The Labute approximate surface area is 82.7 Å². The van der Waals surface area contributed by atoms with Crippen molar-refractivity contribution in [3.63, 3.8) is 0 Å². The lowest BCUT2D eigenvalue weighted by Crippen LogP contribution is -1.75. The second kappa shape index (κ2) is 4.15. The van der Waals surface area contributed by atoms with Gasteiger partial charge in [-0.1, -0.05) is 60.3 Å². The molecule has 1 heteroatoms. The molecule has 0 bridgehead atoms. The number of hydrogen-bond acceptors (Lipinski definition) is 1. The molecule has 0 fully saturated rings. The molecule has 0 atom stereocenters. The molecule has 0 aliphatic carbocycles. The van der Waals surface area contributed by atoms with Gasteiger partial charge in [-0.15, -0.1) is 0 Å². The van der Waals surface area contributed by atoms with E-state index in [2.05, 4.69) is 47.9 Å². The molecule has 0 unspecified atom stereocenters. The summed E-state index contributed by atoms with van der Waals surface area (Å²) in [5, 5.41) is 2.10. The summed E-state index contributed by atoms with van der Waals surface area (Å²) in [5.41, 5.74) is 1.28. The van der Waals surface area contributed by atoms with E-state index >= 15 is 0 Å². The van der Waals surface area contributed by atoms with Crippen LogP contribution in [0.2, 0.25) is 0 Å². The molecule has 0 N–H and O–H groups in total. The van der Waals surface area contributed by atoms with E-state index in [1.165, 1.54) is 10.5 Å². The van der Waals surface area contributed by atoms with E-state index in [1.54, 1.807) is 11.8 Å². The Balaban J connectivity index is 2.32. The van der Waals surface area contributed by atoms with E-state index in [0.29, 0.717) is 0 Å². The molecule has 0 radical (unpaired) electrons. The molecular formula is C12H10S.